The van der Waals surface area contributed by atoms with Crippen LogP contribution < -0.4 is 0 Å². The van der Waals surface area contributed by atoms with Crippen LogP contribution in [0.15, 0.2) is 47.9 Å². The summed E-state index contributed by atoms with van der Waals surface area (Å²) < 4.78 is 7.06. The number of nitrogens with zero attached hydrogens (tertiary/aromatic N) is 4. The fourth-order valence-corrected chi connectivity index (χ4v) is 2.88. The quantitative estimate of drug-likeness (QED) is 0.408. The van der Waals surface area contributed by atoms with Crippen molar-refractivity contribution >= 4 is 22.8 Å². The summed E-state index contributed by atoms with van der Waals surface area (Å²) in [5, 5.41) is 14.9. The normalized spacial score (nSPS) is 11.1. The highest BCUT2D eigenvalue weighted by Crippen LogP contribution is 2.25. The molecule has 1 N–H and O–H groups in total. The van der Waals surface area contributed by atoms with E-state index in [1.54, 1.807) is 24.3 Å². The van der Waals surface area contributed by atoms with Crippen molar-refractivity contribution in [2.75, 3.05) is 25.6 Å². The summed E-state index contributed by atoms with van der Waals surface area (Å²) in [4.78, 5) is 8.67. The molecule has 0 aliphatic heterocycles. The molecule has 0 saturated carbocycles. The van der Waals surface area contributed by atoms with E-state index in [0.717, 1.165) is 27.5 Å². The lowest BCUT2D eigenvalue weighted by atomic mass is 10.3. The molecule has 114 valence electrons. The van der Waals surface area contributed by atoms with Gasteiger partial charge in [-0.05, 0) is 12.1 Å². The van der Waals surface area contributed by atoms with Crippen LogP contribution in [0.4, 0.5) is 0 Å². The predicted molar refractivity (Wildman–Crippen MR) is 85.3 cm³/mol. The molecule has 0 saturated heterocycles. The largest absolute Gasteiger partial charge is 0.394 e. The van der Waals surface area contributed by atoms with Gasteiger partial charge in [-0.1, -0.05) is 18.2 Å². The first-order chi connectivity index (χ1) is 10.9. The van der Waals surface area contributed by atoms with Crippen molar-refractivity contribution in [3.8, 4) is 5.69 Å². The monoisotopic (exact) mass is 316 g/mol. The van der Waals surface area contributed by atoms with Crippen molar-refractivity contribution in [3.05, 3.63) is 42.9 Å². The average molecular weight is 316 g/mol. The van der Waals surface area contributed by atoms with Crippen LogP contribution in [0.1, 0.15) is 0 Å². The fourth-order valence-electron chi connectivity index (χ4n) is 2.06. The second-order valence-electron chi connectivity index (χ2n) is 4.49. The Hall–Kier alpha value is -1.96. The van der Waals surface area contributed by atoms with Crippen LogP contribution in [-0.4, -0.2) is 50.4 Å². The standard InChI is InChI=1S/C15H16N4O2S/c20-6-7-21-8-9-22-15-13-10-18-19(14(13)16-11-17-15)12-4-2-1-3-5-12/h1-5,10-11,20H,6-9H2. The second-order valence-corrected chi connectivity index (χ2v) is 5.58. The topological polar surface area (TPSA) is 73.1 Å². The molecule has 3 rings (SSSR count). The number of aliphatic hydroxyl groups is 1. The van der Waals surface area contributed by atoms with Crippen molar-refractivity contribution in [3.63, 3.8) is 0 Å². The van der Waals surface area contributed by atoms with Crippen LogP contribution >= 0.6 is 11.8 Å². The number of para-hydroxylation sites is 1. The Labute approximate surface area is 132 Å². The summed E-state index contributed by atoms with van der Waals surface area (Å²) in [6, 6.07) is 9.89. The maximum Gasteiger partial charge on any atom is 0.167 e. The number of thioether (sulfide) groups is 1. The van der Waals surface area contributed by atoms with E-state index in [2.05, 4.69) is 15.1 Å². The molecule has 22 heavy (non-hydrogen) atoms. The molecule has 0 spiro atoms. The Kier molecular flexibility index (Phi) is 4.99. The number of hydrogen-bond donors (Lipinski definition) is 1. The van der Waals surface area contributed by atoms with Crippen LogP contribution in [0.3, 0.4) is 0 Å². The van der Waals surface area contributed by atoms with E-state index >= 15 is 0 Å². The minimum Gasteiger partial charge on any atom is -0.394 e. The summed E-state index contributed by atoms with van der Waals surface area (Å²) in [6.45, 7) is 0.988. The van der Waals surface area contributed by atoms with E-state index in [0.29, 0.717) is 13.2 Å². The van der Waals surface area contributed by atoms with Gasteiger partial charge in [0.15, 0.2) is 5.65 Å². The van der Waals surface area contributed by atoms with Gasteiger partial charge < -0.3 is 9.84 Å². The average Bonchev–Trinajstić information content (AvgIpc) is 3.00. The molecule has 0 atom stereocenters. The minimum atomic E-state index is 0.0479. The molecular weight excluding hydrogens is 300 g/mol. The van der Waals surface area contributed by atoms with Crippen LogP contribution in [0.2, 0.25) is 0 Å². The minimum absolute atomic E-state index is 0.0479. The van der Waals surface area contributed by atoms with Crippen molar-refractivity contribution < 1.29 is 9.84 Å². The maximum atomic E-state index is 8.67. The van der Waals surface area contributed by atoms with Crippen molar-refractivity contribution in [1.82, 2.24) is 19.7 Å². The smallest absolute Gasteiger partial charge is 0.167 e. The van der Waals surface area contributed by atoms with E-state index in [-0.39, 0.29) is 6.61 Å². The fraction of sp³-hybridized carbons (Fsp3) is 0.267. The summed E-state index contributed by atoms with van der Waals surface area (Å²) in [5.74, 6) is 0.766. The summed E-state index contributed by atoms with van der Waals surface area (Å²) in [6.07, 6.45) is 3.35. The molecular formula is C15H16N4O2S. The molecule has 0 radical (unpaired) electrons. The zero-order valence-corrected chi connectivity index (χ0v) is 12.7. The van der Waals surface area contributed by atoms with Crippen LogP contribution in [-0.2, 0) is 4.74 Å². The number of aromatic nitrogens is 4. The van der Waals surface area contributed by atoms with Crippen LogP contribution in [0.25, 0.3) is 16.7 Å². The molecule has 7 heteroatoms. The second kappa shape index (κ2) is 7.35. The molecule has 6 nitrogen and oxygen atoms in total. The Bertz CT molecular complexity index is 733. The molecule has 0 bridgehead atoms. The zero-order chi connectivity index (χ0) is 15.2. The molecule has 3 aromatic rings. The summed E-state index contributed by atoms with van der Waals surface area (Å²) in [5.41, 5.74) is 1.76. The van der Waals surface area contributed by atoms with E-state index in [9.17, 15) is 0 Å². The molecule has 2 aromatic heterocycles. The molecule has 0 aliphatic rings. The van der Waals surface area contributed by atoms with E-state index in [4.69, 9.17) is 9.84 Å². The number of hydrogen-bond acceptors (Lipinski definition) is 6. The van der Waals surface area contributed by atoms with Gasteiger partial charge in [0.25, 0.3) is 0 Å². The van der Waals surface area contributed by atoms with E-state index < -0.39 is 0 Å². The number of benzene rings is 1. The van der Waals surface area contributed by atoms with Gasteiger partial charge in [0.1, 0.15) is 11.4 Å². The molecule has 0 fully saturated rings. The Morgan fingerprint density at radius 2 is 2.00 bits per heavy atom. The Balaban J connectivity index is 1.80. The zero-order valence-electron chi connectivity index (χ0n) is 11.9. The first-order valence-corrected chi connectivity index (χ1v) is 7.94. The van der Waals surface area contributed by atoms with Crippen LogP contribution in [0.5, 0.6) is 0 Å². The van der Waals surface area contributed by atoms with Gasteiger partial charge in [0.05, 0.1) is 37.1 Å². The first kappa shape index (κ1) is 15.0. The van der Waals surface area contributed by atoms with Crippen molar-refractivity contribution in [2.24, 2.45) is 0 Å². The Morgan fingerprint density at radius 3 is 2.82 bits per heavy atom. The van der Waals surface area contributed by atoms with Gasteiger partial charge >= 0.3 is 0 Å². The molecule has 1 aromatic carbocycles. The number of aliphatic hydroxyl groups excluding tert-OH is 1. The maximum absolute atomic E-state index is 8.67. The summed E-state index contributed by atoms with van der Waals surface area (Å²) >= 11 is 1.60. The van der Waals surface area contributed by atoms with Crippen molar-refractivity contribution in [2.45, 2.75) is 5.03 Å². The van der Waals surface area contributed by atoms with Gasteiger partial charge in [-0.2, -0.15) is 5.10 Å². The number of fused-ring (bicyclic) bond motifs is 1. The number of ether oxygens (including phenoxy) is 1. The van der Waals surface area contributed by atoms with Gasteiger partial charge in [-0.15, -0.1) is 11.8 Å². The third kappa shape index (κ3) is 3.27. The third-order valence-corrected chi connectivity index (χ3v) is 4.00. The van der Waals surface area contributed by atoms with Gasteiger partial charge in [0, 0.05) is 5.75 Å². The third-order valence-electron chi connectivity index (χ3n) is 3.03. The first-order valence-electron chi connectivity index (χ1n) is 6.95. The van der Waals surface area contributed by atoms with Crippen LogP contribution in [0, 0.1) is 0 Å². The molecule has 0 unspecified atom stereocenters. The molecule has 0 aliphatic carbocycles. The highest BCUT2D eigenvalue weighted by molar-refractivity contribution is 7.99. The van der Waals surface area contributed by atoms with Gasteiger partial charge in [0.2, 0.25) is 0 Å². The van der Waals surface area contributed by atoms with Gasteiger partial charge in [-0.3, -0.25) is 0 Å². The lowest BCUT2D eigenvalue weighted by Crippen LogP contribution is -2.02. The highest BCUT2D eigenvalue weighted by Gasteiger charge is 2.11. The molecule has 2 heterocycles. The predicted octanol–water partition coefficient (Wildman–Crippen LogP) is 1.92. The highest BCUT2D eigenvalue weighted by atomic mass is 32.2. The Morgan fingerprint density at radius 1 is 1.14 bits per heavy atom. The van der Waals surface area contributed by atoms with Crippen molar-refractivity contribution in [1.29, 1.82) is 0 Å². The summed E-state index contributed by atoms with van der Waals surface area (Å²) in [7, 11) is 0. The SMILES string of the molecule is OCCOCCSc1ncnc2c1cnn2-c1ccccc1. The number of rotatable bonds is 7. The van der Waals surface area contributed by atoms with E-state index in [1.807, 2.05) is 35.0 Å². The lowest BCUT2D eigenvalue weighted by molar-refractivity contribution is 0.103. The molecule has 0 amide bonds. The van der Waals surface area contributed by atoms with Gasteiger partial charge in [-0.25, -0.2) is 14.6 Å². The van der Waals surface area contributed by atoms with E-state index in [1.165, 1.54) is 0 Å². The lowest BCUT2D eigenvalue weighted by Gasteiger charge is -2.04.